The van der Waals surface area contributed by atoms with Crippen LogP contribution in [0.3, 0.4) is 0 Å². The molecule has 0 radical (unpaired) electrons. The van der Waals surface area contributed by atoms with E-state index in [1.165, 1.54) is 31.2 Å². The molecule has 202 valence electrons. The maximum Gasteiger partial charge on any atom is 0.223 e. The highest BCUT2D eigenvalue weighted by Crippen LogP contribution is 2.37. The van der Waals surface area contributed by atoms with Gasteiger partial charge in [-0.1, -0.05) is 24.4 Å². The minimum atomic E-state index is -0.215. The maximum absolute atomic E-state index is 13.5. The molecule has 5 rings (SSSR count). The Kier molecular flexibility index (Phi) is 8.42. The van der Waals surface area contributed by atoms with Crippen molar-refractivity contribution >= 4 is 17.5 Å². The molecule has 7 nitrogen and oxygen atoms in total. The second-order valence-corrected chi connectivity index (χ2v) is 12.0. The topological polar surface area (TPSA) is 53.8 Å². The lowest BCUT2D eigenvalue weighted by Crippen LogP contribution is -2.52. The Morgan fingerprint density at radius 2 is 1.92 bits per heavy atom. The molecule has 3 fully saturated rings. The van der Waals surface area contributed by atoms with Gasteiger partial charge in [-0.25, -0.2) is 0 Å². The molecule has 1 saturated carbocycles. The number of piperidine rings is 1. The fourth-order valence-electron chi connectivity index (χ4n) is 6.28. The third-order valence-corrected chi connectivity index (χ3v) is 8.98. The summed E-state index contributed by atoms with van der Waals surface area (Å²) in [7, 11) is 2.12. The number of likely N-dealkylation sites (N-methyl/N-ethyl adjacent to an activating group) is 1. The van der Waals surface area contributed by atoms with Crippen molar-refractivity contribution in [3.05, 3.63) is 46.7 Å². The quantitative estimate of drug-likeness (QED) is 0.494. The number of carbonyl (C=O) groups excluding carboxylic acids is 1. The summed E-state index contributed by atoms with van der Waals surface area (Å²) in [5.74, 6) is 1.09. The number of halogens is 1. The van der Waals surface area contributed by atoms with Crippen LogP contribution in [0.4, 0.5) is 0 Å². The lowest BCUT2D eigenvalue weighted by Gasteiger charge is -2.43. The first-order chi connectivity index (χ1) is 17.9. The van der Waals surface area contributed by atoms with Crippen LogP contribution in [0, 0.1) is 12.3 Å². The number of hydrogen-bond donors (Lipinski definition) is 0. The third-order valence-electron chi connectivity index (χ3n) is 8.56. The van der Waals surface area contributed by atoms with Gasteiger partial charge in [-0.2, -0.15) is 5.10 Å². The van der Waals surface area contributed by atoms with Crippen molar-refractivity contribution in [3.63, 3.8) is 0 Å². The molecule has 2 aliphatic heterocycles. The van der Waals surface area contributed by atoms with E-state index < -0.39 is 0 Å². The Morgan fingerprint density at radius 3 is 2.68 bits per heavy atom. The van der Waals surface area contributed by atoms with Crippen molar-refractivity contribution < 1.29 is 9.53 Å². The number of rotatable bonds is 8. The molecule has 1 aliphatic carbocycles. The normalized spacial score (nSPS) is 24.0. The summed E-state index contributed by atoms with van der Waals surface area (Å²) in [5.41, 5.74) is 2.06. The van der Waals surface area contributed by atoms with Crippen LogP contribution >= 0.6 is 11.6 Å². The highest BCUT2D eigenvalue weighted by atomic mass is 35.5. The van der Waals surface area contributed by atoms with E-state index in [-0.39, 0.29) is 11.3 Å². The van der Waals surface area contributed by atoms with Crippen LogP contribution in [-0.2, 0) is 11.3 Å². The highest BCUT2D eigenvalue weighted by Gasteiger charge is 2.40. The number of benzene rings is 1. The molecule has 1 aromatic carbocycles. The van der Waals surface area contributed by atoms with Gasteiger partial charge in [-0.05, 0) is 70.0 Å². The predicted molar refractivity (Wildman–Crippen MR) is 147 cm³/mol. The summed E-state index contributed by atoms with van der Waals surface area (Å²) in [6.07, 6.45) is 12.0. The molecule has 1 amide bonds. The number of amides is 1. The van der Waals surface area contributed by atoms with Crippen molar-refractivity contribution in [2.24, 2.45) is 5.41 Å². The van der Waals surface area contributed by atoms with Crippen LogP contribution in [0.2, 0.25) is 5.02 Å². The van der Waals surface area contributed by atoms with E-state index >= 15 is 0 Å². The Balaban J connectivity index is 1.28. The maximum atomic E-state index is 13.5. The van der Waals surface area contributed by atoms with E-state index in [0.717, 1.165) is 75.0 Å². The third kappa shape index (κ3) is 6.68. The summed E-state index contributed by atoms with van der Waals surface area (Å²) in [6.45, 7) is 8.80. The van der Waals surface area contributed by atoms with E-state index in [9.17, 15) is 4.79 Å². The monoisotopic (exact) mass is 527 g/mol. The minimum absolute atomic E-state index is 0.215. The van der Waals surface area contributed by atoms with Crippen molar-refractivity contribution in [2.75, 3.05) is 52.9 Å². The Hall–Kier alpha value is -2.09. The van der Waals surface area contributed by atoms with Crippen molar-refractivity contribution in [3.8, 4) is 5.75 Å². The van der Waals surface area contributed by atoms with Gasteiger partial charge in [0, 0.05) is 67.9 Å². The number of aryl methyl sites for hydroxylation is 1. The van der Waals surface area contributed by atoms with Crippen LogP contribution < -0.4 is 4.74 Å². The molecule has 2 aromatic rings. The van der Waals surface area contributed by atoms with Gasteiger partial charge >= 0.3 is 0 Å². The Morgan fingerprint density at radius 1 is 1.14 bits per heavy atom. The van der Waals surface area contributed by atoms with Gasteiger partial charge in [0.2, 0.25) is 5.91 Å². The summed E-state index contributed by atoms with van der Waals surface area (Å²) in [4.78, 5) is 20.4. The molecular formula is C29H42ClN5O2. The number of piperazine rings is 1. The predicted octanol–water partition coefficient (Wildman–Crippen LogP) is 4.79. The van der Waals surface area contributed by atoms with Crippen LogP contribution in [-0.4, -0.2) is 83.3 Å². The van der Waals surface area contributed by atoms with Gasteiger partial charge < -0.3 is 14.5 Å². The average molecular weight is 528 g/mol. The van der Waals surface area contributed by atoms with Crippen molar-refractivity contribution in [1.29, 1.82) is 0 Å². The molecule has 0 spiro atoms. The van der Waals surface area contributed by atoms with Gasteiger partial charge in [-0.15, -0.1) is 0 Å². The summed E-state index contributed by atoms with van der Waals surface area (Å²) in [6, 6.07) is 6.38. The number of likely N-dealkylation sites (tertiary alicyclic amines) is 1. The van der Waals surface area contributed by atoms with Gasteiger partial charge in [0.25, 0.3) is 0 Å². The zero-order chi connectivity index (χ0) is 25.8. The molecule has 3 heterocycles. The number of carbonyl (C=O) groups is 1. The van der Waals surface area contributed by atoms with Crippen LogP contribution in [0.1, 0.15) is 62.1 Å². The molecular weight excluding hydrogens is 486 g/mol. The Bertz CT molecular complexity index is 1060. The lowest BCUT2D eigenvalue weighted by molar-refractivity contribution is -0.137. The first-order valence-corrected chi connectivity index (χ1v) is 14.4. The van der Waals surface area contributed by atoms with Gasteiger partial charge in [-0.3, -0.25) is 14.4 Å². The fourth-order valence-corrected chi connectivity index (χ4v) is 6.39. The zero-order valence-electron chi connectivity index (χ0n) is 22.5. The van der Waals surface area contributed by atoms with E-state index in [1.807, 2.05) is 31.3 Å². The molecule has 0 bridgehead atoms. The molecule has 8 heteroatoms. The van der Waals surface area contributed by atoms with E-state index in [1.54, 1.807) is 0 Å². The first kappa shape index (κ1) is 26.5. The van der Waals surface area contributed by atoms with Crippen molar-refractivity contribution in [1.82, 2.24) is 24.5 Å². The largest absolute Gasteiger partial charge is 0.493 e. The standard InChI is InChI=1S/C29H42ClN5O2/c1-23-16-26(8-9-27(23)30)37-22-29(17-28(36)34-14-12-32(2)13-15-34)10-5-11-33(21-29)19-24-18-31-35(20-24)25-6-3-4-7-25/h8-9,16,18,20,25H,3-7,10-15,17,19,21-22H2,1-2H3. The van der Waals surface area contributed by atoms with Crippen LogP contribution in [0.15, 0.2) is 30.6 Å². The molecule has 2 saturated heterocycles. The highest BCUT2D eigenvalue weighted by molar-refractivity contribution is 6.31. The molecule has 1 unspecified atom stereocenters. The number of hydrogen-bond acceptors (Lipinski definition) is 5. The van der Waals surface area contributed by atoms with E-state index in [2.05, 4.69) is 32.6 Å². The molecule has 0 N–H and O–H groups in total. The molecule has 37 heavy (non-hydrogen) atoms. The van der Waals surface area contributed by atoms with Gasteiger partial charge in [0.15, 0.2) is 0 Å². The summed E-state index contributed by atoms with van der Waals surface area (Å²) in [5, 5.41) is 5.44. The number of ether oxygens (including phenoxy) is 1. The van der Waals surface area contributed by atoms with E-state index in [0.29, 0.717) is 19.1 Å². The molecule has 1 aromatic heterocycles. The smallest absolute Gasteiger partial charge is 0.223 e. The summed E-state index contributed by atoms with van der Waals surface area (Å²) < 4.78 is 8.56. The van der Waals surface area contributed by atoms with Gasteiger partial charge in [0.1, 0.15) is 5.75 Å². The summed E-state index contributed by atoms with van der Waals surface area (Å²) >= 11 is 6.24. The SMILES string of the molecule is Cc1cc(OCC2(CC(=O)N3CCN(C)CC3)CCCN(Cc3cnn(C4CCCC4)c3)C2)ccc1Cl. The van der Waals surface area contributed by atoms with E-state index in [4.69, 9.17) is 21.4 Å². The van der Waals surface area contributed by atoms with Crippen LogP contribution in [0.25, 0.3) is 0 Å². The van der Waals surface area contributed by atoms with Crippen molar-refractivity contribution in [2.45, 2.75) is 64.5 Å². The second-order valence-electron chi connectivity index (χ2n) is 11.6. The molecule has 1 atom stereocenters. The van der Waals surface area contributed by atoms with Gasteiger partial charge in [0.05, 0.1) is 18.8 Å². The fraction of sp³-hybridized carbons (Fsp3) is 0.655. The first-order valence-electron chi connectivity index (χ1n) is 14.0. The second kappa shape index (κ2) is 11.7. The molecule has 3 aliphatic rings. The lowest BCUT2D eigenvalue weighted by atomic mass is 9.77. The average Bonchev–Trinajstić information content (AvgIpc) is 3.58. The van der Waals surface area contributed by atoms with Crippen LogP contribution in [0.5, 0.6) is 5.75 Å². The Labute approximate surface area is 226 Å². The number of aromatic nitrogens is 2. The number of nitrogens with zero attached hydrogens (tertiary/aromatic N) is 5. The minimum Gasteiger partial charge on any atom is -0.493 e. The zero-order valence-corrected chi connectivity index (χ0v) is 23.3.